The van der Waals surface area contributed by atoms with E-state index in [1.54, 1.807) is 18.2 Å². The largest absolute Gasteiger partial charge is 0.507 e. The van der Waals surface area contributed by atoms with Gasteiger partial charge >= 0.3 is 5.97 Å². The molecule has 0 radical (unpaired) electrons. The molecule has 1 aromatic carbocycles. The number of para-hydroxylation sites is 1. The Kier molecular flexibility index (Phi) is 4.58. The summed E-state index contributed by atoms with van der Waals surface area (Å²) < 4.78 is 0. The number of carboxylic acids is 1. The number of carbonyl (C=O) groups is 1. The van der Waals surface area contributed by atoms with E-state index in [0.717, 1.165) is 12.0 Å². The number of hydrogen-bond acceptors (Lipinski definition) is 2. The van der Waals surface area contributed by atoms with Gasteiger partial charge in [0, 0.05) is 5.56 Å². The zero-order valence-corrected chi connectivity index (χ0v) is 9.31. The van der Waals surface area contributed by atoms with Crippen molar-refractivity contribution in [2.45, 2.75) is 26.2 Å². The van der Waals surface area contributed by atoms with Crippen LogP contribution in [0.5, 0.6) is 5.75 Å². The fraction of sp³-hybridized carbons (Fsp3) is 0.308. The first kappa shape index (κ1) is 12.3. The van der Waals surface area contributed by atoms with Crippen LogP contribution in [0.3, 0.4) is 0 Å². The summed E-state index contributed by atoms with van der Waals surface area (Å²) in [5.41, 5.74) is 1.23. The summed E-state index contributed by atoms with van der Waals surface area (Å²) >= 11 is 0. The van der Waals surface area contributed by atoms with E-state index < -0.39 is 5.97 Å². The maximum absolute atomic E-state index is 10.6. The monoisotopic (exact) mass is 220 g/mol. The SMILES string of the molecule is CC/C=C/Cc1cccc(CC(=O)O)c1O. The van der Waals surface area contributed by atoms with Crippen molar-refractivity contribution in [2.75, 3.05) is 0 Å². The van der Waals surface area contributed by atoms with Gasteiger partial charge in [-0.2, -0.15) is 0 Å². The molecule has 0 aliphatic heterocycles. The van der Waals surface area contributed by atoms with Gasteiger partial charge in [-0.05, 0) is 18.4 Å². The van der Waals surface area contributed by atoms with Gasteiger partial charge in [0.15, 0.2) is 0 Å². The molecule has 0 atom stereocenters. The van der Waals surface area contributed by atoms with Gasteiger partial charge < -0.3 is 10.2 Å². The quantitative estimate of drug-likeness (QED) is 0.750. The Bertz CT molecular complexity index is 394. The van der Waals surface area contributed by atoms with Crippen molar-refractivity contribution in [1.82, 2.24) is 0 Å². The molecule has 0 amide bonds. The minimum Gasteiger partial charge on any atom is -0.507 e. The van der Waals surface area contributed by atoms with Gasteiger partial charge in [-0.1, -0.05) is 37.3 Å². The first-order valence-electron chi connectivity index (χ1n) is 5.31. The summed E-state index contributed by atoms with van der Waals surface area (Å²) in [7, 11) is 0. The average Bonchev–Trinajstić information content (AvgIpc) is 2.23. The van der Waals surface area contributed by atoms with Crippen LogP contribution in [0, 0.1) is 0 Å². The maximum Gasteiger partial charge on any atom is 0.307 e. The lowest BCUT2D eigenvalue weighted by atomic mass is 10.0. The van der Waals surface area contributed by atoms with E-state index in [2.05, 4.69) is 0 Å². The number of aromatic hydroxyl groups is 1. The Hall–Kier alpha value is -1.77. The molecular weight excluding hydrogens is 204 g/mol. The van der Waals surface area contributed by atoms with E-state index in [1.807, 2.05) is 19.1 Å². The van der Waals surface area contributed by atoms with Crippen LogP contribution in [0.1, 0.15) is 24.5 Å². The number of allylic oxidation sites excluding steroid dienone is 2. The van der Waals surface area contributed by atoms with Crippen molar-refractivity contribution in [3.05, 3.63) is 41.5 Å². The smallest absolute Gasteiger partial charge is 0.307 e. The summed E-state index contributed by atoms with van der Waals surface area (Å²) in [6.07, 6.45) is 5.43. The predicted molar refractivity (Wildman–Crippen MR) is 62.6 cm³/mol. The van der Waals surface area contributed by atoms with Gasteiger partial charge in [0.25, 0.3) is 0 Å². The van der Waals surface area contributed by atoms with Crippen LogP contribution in [0.15, 0.2) is 30.4 Å². The van der Waals surface area contributed by atoms with Crippen LogP contribution in [0.25, 0.3) is 0 Å². The van der Waals surface area contributed by atoms with Crippen molar-refractivity contribution in [3.8, 4) is 5.75 Å². The Balaban J connectivity index is 2.85. The zero-order valence-electron chi connectivity index (χ0n) is 9.31. The zero-order chi connectivity index (χ0) is 12.0. The maximum atomic E-state index is 10.6. The molecule has 0 saturated carbocycles. The third-order valence-corrected chi connectivity index (χ3v) is 2.28. The van der Waals surface area contributed by atoms with Crippen molar-refractivity contribution >= 4 is 5.97 Å². The van der Waals surface area contributed by atoms with Gasteiger partial charge in [0.2, 0.25) is 0 Å². The molecule has 1 aromatic rings. The topological polar surface area (TPSA) is 57.5 Å². The summed E-state index contributed by atoms with van der Waals surface area (Å²) in [4.78, 5) is 10.6. The fourth-order valence-electron chi connectivity index (χ4n) is 1.49. The lowest BCUT2D eigenvalue weighted by molar-refractivity contribution is -0.136. The minimum absolute atomic E-state index is 0.102. The van der Waals surface area contributed by atoms with Crippen LogP contribution in [0.2, 0.25) is 0 Å². The molecule has 86 valence electrons. The Morgan fingerprint density at radius 3 is 2.62 bits per heavy atom. The van der Waals surface area contributed by atoms with Gasteiger partial charge in [-0.25, -0.2) is 0 Å². The molecule has 0 aliphatic carbocycles. The summed E-state index contributed by atoms with van der Waals surface area (Å²) in [5, 5.41) is 18.5. The lowest BCUT2D eigenvalue weighted by Crippen LogP contribution is -2.01. The van der Waals surface area contributed by atoms with E-state index in [-0.39, 0.29) is 12.2 Å². The number of carboxylic acid groups (broad SMARTS) is 1. The molecule has 0 bridgehead atoms. The van der Waals surface area contributed by atoms with E-state index in [9.17, 15) is 9.90 Å². The summed E-state index contributed by atoms with van der Waals surface area (Å²) in [6.45, 7) is 2.04. The molecule has 0 aromatic heterocycles. The highest BCUT2D eigenvalue weighted by Crippen LogP contribution is 2.23. The van der Waals surface area contributed by atoms with Crippen molar-refractivity contribution < 1.29 is 15.0 Å². The minimum atomic E-state index is -0.934. The third-order valence-electron chi connectivity index (χ3n) is 2.28. The molecule has 0 spiro atoms. The third kappa shape index (κ3) is 3.42. The summed E-state index contributed by atoms with van der Waals surface area (Å²) in [5.74, 6) is -0.831. The van der Waals surface area contributed by atoms with Crippen LogP contribution in [0.4, 0.5) is 0 Å². The Labute approximate surface area is 95.0 Å². The second-order valence-corrected chi connectivity index (χ2v) is 3.58. The highest BCUT2D eigenvalue weighted by Gasteiger charge is 2.08. The highest BCUT2D eigenvalue weighted by molar-refractivity contribution is 5.71. The van der Waals surface area contributed by atoms with Gasteiger partial charge in [0.05, 0.1) is 6.42 Å². The molecule has 16 heavy (non-hydrogen) atoms. The van der Waals surface area contributed by atoms with Crippen LogP contribution in [-0.2, 0) is 17.6 Å². The second-order valence-electron chi connectivity index (χ2n) is 3.58. The van der Waals surface area contributed by atoms with Crippen molar-refractivity contribution in [2.24, 2.45) is 0 Å². The Morgan fingerprint density at radius 1 is 1.31 bits per heavy atom. The first-order valence-corrected chi connectivity index (χ1v) is 5.31. The first-order chi connectivity index (χ1) is 7.65. The fourth-order valence-corrected chi connectivity index (χ4v) is 1.49. The van der Waals surface area contributed by atoms with Crippen molar-refractivity contribution in [3.63, 3.8) is 0 Å². The molecule has 0 heterocycles. The molecule has 0 fully saturated rings. The van der Waals surface area contributed by atoms with Gasteiger partial charge in [0.1, 0.15) is 5.75 Å². The summed E-state index contributed by atoms with van der Waals surface area (Å²) in [6, 6.07) is 5.21. The molecule has 0 aliphatic rings. The highest BCUT2D eigenvalue weighted by atomic mass is 16.4. The normalized spacial score (nSPS) is 10.8. The number of hydrogen-bond donors (Lipinski definition) is 2. The second kappa shape index (κ2) is 5.95. The molecule has 3 heteroatoms. The number of benzene rings is 1. The van der Waals surface area contributed by atoms with Crippen molar-refractivity contribution in [1.29, 1.82) is 0 Å². The molecule has 2 N–H and O–H groups in total. The Morgan fingerprint density at radius 2 is 2.00 bits per heavy atom. The molecule has 0 saturated heterocycles. The van der Waals surface area contributed by atoms with E-state index in [0.29, 0.717) is 12.0 Å². The van der Waals surface area contributed by atoms with Gasteiger partial charge in [-0.15, -0.1) is 0 Å². The number of phenolic OH excluding ortho intramolecular Hbond substituents is 1. The average molecular weight is 220 g/mol. The molecule has 3 nitrogen and oxygen atoms in total. The van der Waals surface area contributed by atoms with Gasteiger partial charge in [-0.3, -0.25) is 4.79 Å². The number of aliphatic carboxylic acids is 1. The number of phenols is 1. The van der Waals surface area contributed by atoms with Crippen LogP contribution < -0.4 is 0 Å². The van der Waals surface area contributed by atoms with E-state index in [1.165, 1.54) is 0 Å². The van der Waals surface area contributed by atoms with Crippen LogP contribution >= 0.6 is 0 Å². The molecule has 0 unspecified atom stereocenters. The van der Waals surface area contributed by atoms with E-state index in [4.69, 9.17) is 5.11 Å². The predicted octanol–water partition coefficient (Wildman–Crippen LogP) is 2.53. The van der Waals surface area contributed by atoms with Crippen LogP contribution in [-0.4, -0.2) is 16.2 Å². The lowest BCUT2D eigenvalue weighted by Gasteiger charge is -2.06. The number of rotatable bonds is 5. The standard InChI is InChI=1S/C13H16O3/c1-2-3-4-6-10-7-5-8-11(13(10)16)9-12(14)15/h3-5,7-8,16H,2,6,9H2,1H3,(H,14,15)/b4-3+. The molecular formula is C13H16O3. The van der Waals surface area contributed by atoms with E-state index >= 15 is 0 Å². The molecule has 1 rings (SSSR count).